The third kappa shape index (κ3) is 4.74. The molecule has 4 rings (SSSR count). The number of rotatable bonds is 6. The van der Waals surface area contributed by atoms with Gasteiger partial charge in [-0.15, -0.1) is 11.3 Å². The van der Waals surface area contributed by atoms with Crippen molar-refractivity contribution in [3.05, 3.63) is 59.5 Å². The molecule has 1 aliphatic heterocycles. The number of nitrogens with zero attached hydrogens (tertiary/aromatic N) is 2. The molecular formula is C21H19F2N3O3S. The molecule has 1 N–H and O–H groups in total. The maximum Gasteiger partial charge on any atom is 0.240 e. The van der Waals surface area contributed by atoms with E-state index in [9.17, 15) is 13.6 Å². The Kier molecular flexibility index (Phi) is 5.91. The number of thiazole rings is 1. The fraction of sp³-hybridized carbons (Fsp3) is 0.238. The molecule has 0 saturated carbocycles. The fourth-order valence-corrected chi connectivity index (χ4v) is 3.82. The van der Waals surface area contributed by atoms with Crippen LogP contribution in [0, 0.1) is 11.6 Å². The molecular weight excluding hydrogens is 412 g/mol. The quantitative estimate of drug-likeness (QED) is 0.643. The summed E-state index contributed by atoms with van der Waals surface area (Å²) in [5.74, 6) is -0.680. The molecule has 1 aliphatic rings. The van der Waals surface area contributed by atoms with Crippen molar-refractivity contribution in [1.82, 2.24) is 9.88 Å². The Hall–Kier alpha value is -3.04. The molecule has 9 heteroatoms. The van der Waals surface area contributed by atoms with E-state index in [1.54, 1.807) is 5.38 Å². The smallest absolute Gasteiger partial charge is 0.240 e. The minimum atomic E-state index is -0.941. The number of hydrogen-bond acceptors (Lipinski definition) is 6. The van der Waals surface area contributed by atoms with Gasteiger partial charge in [-0.25, -0.2) is 13.8 Å². The van der Waals surface area contributed by atoms with Crippen LogP contribution < -0.4 is 14.8 Å². The van der Waals surface area contributed by atoms with Crippen LogP contribution >= 0.6 is 11.3 Å². The summed E-state index contributed by atoms with van der Waals surface area (Å²) in [5, 5.41) is 4.79. The Labute approximate surface area is 176 Å². The van der Waals surface area contributed by atoms with E-state index in [2.05, 4.69) is 10.3 Å². The van der Waals surface area contributed by atoms with Gasteiger partial charge in [0.1, 0.15) is 12.7 Å². The van der Waals surface area contributed by atoms with E-state index in [0.717, 1.165) is 17.9 Å². The molecule has 0 radical (unpaired) electrons. The van der Waals surface area contributed by atoms with Gasteiger partial charge in [0, 0.05) is 17.5 Å². The lowest BCUT2D eigenvalue weighted by Crippen LogP contribution is -2.42. The van der Waals surface area contributed by atoms with E-state index in [0.29, 0.717) is 35.3 Å². The molecule has 0 spiro atoms. The van der Waals surface area contributed by atoms with Crippen molar-refractivity contribution >= 4 is 22.4 Å². The highest BCUT2D eigenvalue weighted by Crippen LogP contribution is 2.31. The summed E-state index contributed by atoms with van der Waals surface area (Å²) in [5.41, 5.74) is 0.909. The van der Waals surface area contributed by atoms with Gasteiger partial charge in [-0.2, -0.15) is 0 Å². The highest BCUT2D eigenvalue weighted by molar-refractivity contribution is 7.14. The fourth-order valence-electron chi connectivity index (χ4n) is 3.09. The summed E-state index contributed by atoms with van der Waals surface area (Å²) in [6.45, 7) is 1.06. The third-order valence-corrected chi connectivity index (χ3v) is 5.22. The average Bonchev–Trinajstić information content (AvgIpc) is 3.18. The third-order valence-electron chi connectivity index (χ3n) is 4.46. The first-order chi connectivity index (χ1) is 14.5. The van der Waals surface area contributed by atoms with Gasteiger partial charge in [0.05, 0.1) is 12.2 Å². The Morgan fingerprint density at radius 2 is 2.03 bits per heavy atom. The molecule has 2 heterocycles. The molecule has 6 nitrogen and oxygen atoms in total. The second kappa shape index (κ2) is 8.76. The first-order valence-electron chi connectivity index (χ1n) is 9.26. The molecule has 1 aromatic heterocycles. The standard InChI is InChI=1S/C21H19F2N3O3S/c1-26(9-14-11-28-18-4-2-3-5-19(18)29-14)10-20(27)25-21-24-17(12-30-21)13-6-7-15(22)16(23)8-13/h2-8,12,14H,9-11H2,1H3,(H,24,25,27). The van der Waals surface area contributed by atoms with Crippen LogP contribution in [-0.2, 0) is 4.79 Å². The van der Waals surface area contributed by atoms with Gasteiger partial charge in [-0.3, -0.25) is 9.69 Å². The molecule has 30 heavy (non-hydrogen) atoms. The van der Waals surface area contributed by atoms with E-state index in [4.69, 9.17) is 9.47 Å². The number of carbonyl (C=O) groups excluding carboxylic acids is 1. The van der Waals surface area contributed by atoms with Crippen LogP contribution in [0.4, 0.5) is 13.9 Å². The lowest BCUT2D eigenvalue weighted by Gasteiger charge is -2.29. The number of aromatic nitrogens is 1. The number of amides is 1. The summed E-state index contributed by atoms with van der Waals surface area (Å²) in [6, 6.07) is 11.0. The molecule has 2 aromatic carbocycles. The number of ether oxygens (including phenoxy) is 2. The topological polar surface area (TPSA) is 63.7 Å². The number of fused-ring (bicyclic) bond motifs is 1. The number of benzene rings is 2. The van der Waals surface area contributed by atoms with Crippen LogP contribution in [0.15, 0.2) is 47.8 Å². The normalized spacial score (nSPS) is 15.3. The van der Waals surface area contributed by atoms with Crippen molar-refractivity contribution in [3.63, 3.8) is 0 Å². The Morgan fingerprint density at radius 3 is 2.83 bits per heavy atom. The summed E-state index contributed by atoms with van der Waals surface area (Å²) >= 11 is 1.22. The molecule has 0 aliphatic carbocycles. The Balaban J connectivity index is 1.29. The number of carbonyl (C=O) groups is 1. The second-order valence-corrected chi connectivity index (χ2v) is 7.77. The molecule has 0 saturated heterocycles. The SMILES string of the molecule is CN(CC(=O)Nc1nc(-c2ccc(F)c(F)c2)cs1)CC1COc2ccccc2O1. The summed E-state index contributed by atoms with van der Waals surface area (Å²) < 4.78 is 38.1. The van der Waals surface area contributed by atoms with Crippen LogP contribution in [-0.4, -0.2) is 48.6 Å². The largest absolute Gasteiger partial charge is 0.486 e. The van der Waals surface area contributed by atoms with Gasteiger partial charge < -0.3 is 14.8 Å². The van der Waals surface area contributed by atoms with Crippen LogP contribution in [0.2, 0.25) is 0 Å². The van der Waals surface area contributed by atoms with Crippen LogP contribution in [0.1, 0.15) is 0 Å². The van der Waals surface area contributed by atoms with E-state index < -0.39 is 11.6 Å². The monoisotopic (exact) mass is 431 g/mol. The number of likely N-dealkylation sites (N-methyl/N-ethyl adjacent to an activating group) is 1. The van der Waals surface area contributed by atoms with Crippen molar-refractivity contribution in [2.24, 2.45) is 0 Å². The van der Waals surface area contributed by atoms with Gasteiger partial charge in [-0.05, 0) is 37.4 Å². The molecule has 0 bridgehead atoms. The van der Waals surface area contributed by atoms with Crippen molar-refractivity contribution in [1.29, 1.82) is 0 Å². The van der Waals surface area contributed by atoms with Crippen molar-refractivity contribution in [2.75, 3.05) is 32.1 Å². The Morgan fingerprint density at radius 1 is 1.23 bits per heavy atom. The maximum absolute atomic E-state index is 13.4. The number of anilines is 1. The van der Waals surface area contributed by atoms with Crippen LogP contribution in [0.25, 0.3) is 11.3 Å². The Bertz CT molecular complexity index is 1060. The molecule has 1 amide bonds. The summed E-state index contributed by atoms with van der Waals surface area (Å²) in [7, 11) is 1.82. The zero-order valence-electron chi connectivity index (χ0n) is 16.1. The lowest BCUT2D eigenvalue weighted by atomic mass is 10.2. The van der Waals surface area contributed by atoms with E-state index in [1.807, 2.05) is 36.2 Å². The zero-order valence-corrected chi connectivity index (χ0v) is 16.9. The molecule has 156 valence electrons. The second-order valence-electron chi connectivity index (χ2n) is 6.91. The van der Waals surface area contributed by atoms with E-state index >= 15 is 0 Å². The van der Waals surface area contributed by atoms with Crippen molar-refractivity contribution < 1.29 is 23.0 Å². The highest BCUT2D eigenvalue weighted by Gasteiger charge is 2.22. The molecule has 0 fully saturated rings. The highest BCUT2D eigenvalue weighted by atomic mass is 32.1. The summed E-state index contributed by atoms with van der Waals surface area (Å²) in [4.78, 5) is 18.4. The van der Waals surface area contributed by atoms with Gasteiger partial charge >= 0.3 is 0 Å². The zero-order chi connectivity index (χ0) is 21.1. The van der Waals surface area contributed by atoms with Gasteiger partial charge in [0.15, 0.2) is 28.3 Å². The number of hydrogen-bond donors (Lipinski definition) is 1. The van der Waals surface area contributed by atoms with Crippen LogP contribution in [0.5, 0.6) is 11.5 Å². The predicted octanol–water partition coefficient (Wildman–Crippen LogP) is 3.80. The number of para-hydroxylation sites is 2. The van der Waals surface area contributed by atoms with E-state index in [-0.39, 0.29) is 18.6 Å². The summed E-state index contributed by atoms with van der Waals surface area (Å²) in [6.07, 6.45) is -0.183. The number of halogens is 2. The van der Waals surface area contributed by atoms with E-state index in [1.165, 1.54) is 17.4 Å². The first-order valence-corrected chi connectivity index (χ1v) is 10.1. The predicted molar refractivity (Wildman–Crippen MR) is 110 cm³/mol. The van der Waals surface area contributed by atoms with Gasteiger partial charge in [-0.1, -0.05) is 12.1 Å². The molecule has 3 aromatic rings. The molecule has 1 unspecified atom stereocenters. The minimum absolute atomic E-state index is 0.140. The van der Waals surface area contributed by atoms with Crippen LogP contribution in [0.3, 0.4) is 0 Å². The first kappa shape index (κ1) is 20.2. The number of nitrogens with one attached hydrogen (secondary N) is 1. The lowest BCUT2D eigenvalue weighted by molar-refractivity contribution is -0.117. The minimum Gasteiger partial charge on any atom is -0.486 e. The average molecular weight is 431 g/mol. The maximum atomic E-state index is 13.4. The van der Waals surface area contributed by atoms with Gasteiger partial charge in [0.25, 0.3) is 0 Å². The van der Waals surface area contributed by atoms with Crippen molar-refractivity contribution in [2.45, 2.75) is 6.10 Å². The van der Waals surface area contributed by atoms with Crippen molar-refractivity contribution in [3.8, 4) is 22.8 Å². The van der Waals surface area contributed by atoms with Gasteiger partial charge in [0.2, 0.25) is 5.91 Å². The molecule has 1 atom stereocenters.